The van der Waals surface area contributed by atoms with Crippen molar-refractivity contribution in [3.05, 3.63) is 24.0 Å². The molecule has 0 amide bonds. The van der Waals surface area contributed by atoms with Gasteiger partial charge in [0, 0.05) is 0 Å². The van der Waals surface area contributed by atoms with Crippen LogP contribution >= 0.6 is 0 Å². The zero-order valence-electron chi connectivity index (χ0n) is 9.70. The SMILES string of the molecule is CCOc1cccc(F)c1N/N=C(\C#N)C(=N)N. The molecule has 0 unspecified atom stereocenters. The minimum absolute atomic E-state index is 0.00616. The smallest absolute Gasteiger partial charge is 0.201 e. The van der Waals surface area contributed by atoms with Crippen LogP contribution in [-0.4, -0.2) is 18.2 Å². The summed E-state index contributed by atoms with van der Waals surface area (Å²) in [6, 6.07) is 5.89. The quantitative estimate of drug-likeness (QED) is 0.417. The molecule has 0 aliphatic rings. The molecule has 0 spiro atoms. The van der Waals surface area contributed by atoms with Gasteiger partial charge in [-0.1, -0.05) is 6.07 Å². The number of ether oxygens (including phenoxy) is 1. The van der Waals surface area contributed by atoms with Crippen molar-refractivity contribution in [3.8, 4) is 11.8 Å². The van der Waals surface area contributed by atoms with E-state index in [9.17, 15) is 4.39 Å². The zero-order chi connectivity index (χ0) is 13.5. The molecule has 0 heterocycles. The number of amidine groups is 1. The minimum Gasteiger partial charge on any atom is -0.492 e. The second-order valence-corrected chi connectivity index (χ2v) is 3.14. The Morgan fingerprint density at radius 3 is 2.94 bits per heavy atom. The van der Waals surface area contributed by atoms with Crippen LogP contribution in [0.15, 0.2) is 23.3 Å². The summed E-state index contributed by atoms with van der Waals surface area (Å²) >= 11 is 0. The summed E-state index contributed by atoms with van der Waals surface area (Å²) in [5.41, 5.74) is 7.12. The number of nitrogens with zero attached hydrogens (tertiary/aromatic N) is 2. The number of hydrogen-bond donors (Lipinski definition) is 3. The molecule has 0 atom stereocenters. The number of benzene rings is 1. The van der Waals surface area contributed by atoms with Crippen molar-refractivity contribution < 1.29 is 9.13 Å². The van der Waals surface area contributed by atoms with E-state index in [1.54, 1.807) is 19.1 Å². The summed E-state index contributed by atoms with van der Waals surface area (Å²) in [5, 5.41) is 19.3. The van der Waals surface area contributed by atoms with Crippen LogP contribution in [0.3, 0.4) is 0 Å². The lowest BCUT2D eigenvalue weighted by Gasteiger charge is -2.10. The van der Waals surface area contributed by atoms with Crippen molar-refractivity contribution >= 4 is 17.2 Å². The van der Waals surface area contributed by atoms with Gasteiger partial charge in [-0.2, -0.15) is 10.4 Å². The Morgan fingerprint density at radius 2 is 2.39 bits per heavy atom. The molecule has 1 aromatic rings. The van der Waals surface area contributed by atoms with E-state index in [0.717, 1.165) is 0 Å². The number of nitrogens with one attached hydrogen (secondary N) is 2. The summed E-state index contributed by atoms with van der Waals surface area (Å²) in [4.78, 5) is 0. The van der Waals surface area contributed by atoms with Crippen molar-refractivity contribution in [2.45, 2.75) is 6.92 Å². The first-order valence-electron chi connectivity index (χ1n) is 5.09. The second kappa shape index (κ2) is 6.20. The third kappa shape index (κ3) is 3.18. The third-order valence-electron chi connectivity index (χ3n) is 1.92. The van der Waals surface area contributed by atoms with Crippen LogP contribution in [0.2, 0.25) is 0 Å². The second-order valence-electron chi connectivity index (χ2n) is 3.14. The number of rotatable bonds is 5. The molecular formula is C11H12FN5O. The van der Waals surface area contributed by atoms with Crippen LogP contribution in [-0.2, 0) is 0 Å². The Labute approximate surface area is 103 Å². The normalized spacial score (nSPS) is 10.6. The Hall–Kier alpha value is -2.62. The Balaban J connectivity index is 3.04. The molecule has 0 aliphatic carbocycles. The first-order valence-corrected chi connectivity index (χ1v) is 5.09. The van der Waals surface area contributed by atoms with Gasteiger partial charge in [-0.05, 0) is 19.1 Å². The predicted molar refractivity (Wildman–Crippen MR) is 66.2 cm³/mol. The number of halogens is 1. The molecule has 0 saturated heterocycles. The molecule has 94 valence electrons. The first-order chi connectivity index (χ1) is 8.60. The highest BCUT2D eigenvalue weighted by molar-refractivity contribution is 6.45. The number of para-hydroxylation sites is 1. The van der Waals surface area contributed by atoms with Gasteiger partial charge >= 0.3 is 0 Å². The van der Waals surface area contributed by atoms with E-state index in [4.69, 9.17) is 21.1 Å². The lowest BCUT2D eigenvalue weighted by Crippen LogP contribution is -2.22. The molecule has 0 aliphatic heterocycles. The fraction of sp³-hybridized carbons (Fsp3) is 0.182. The van der Waals surface area contributed by atoms with E-state index in [1.165, 1.54) is 12.1 Å². The minimum atomic E-state index is -0.578. The topological polar surface area (TPSA) is 107 Å². The Kier molecular flexibility index (Phi) is 4.63. The van der Waals surface area contributed by atoms with Gasteiger partial charge in [-0.3, -0.25) is 10.8 Å². The van der Waals surface area contributed by atoms with Crippen molar-refractivity contribution in [3.63, 3.8) is 0 Å². The molecule has 1 rings (SSSR count). The first kappa shape index (κ1) is 13.4. The fourth-order valence-corrected chi connectivity index (χ4v) is 1.15. The van der Waals surface area contributed by atoms with Crippen LogP contribution in [0, 0.1) is 22.6 Å². The molecule has 18 heavy (non-hydrogen) atoms. The van der Waals surface area contributed by atoms with Gasteiger partial charge in [0.25, 0.3) is 0 Å². The van der Waals surface area contributed by atoms with Crippen molar-refractivity contribution in [1.82, 2.24) is 0 Å². The highest BCUT2D eigenvalue weighted by Gasteiger charge is 2.09. The zero-order valence-corrected chi connectivity index (χ0v) is 9.70. The molecule has 6 nitrogen and oxygen atoms in total. The lowest BCUT2D eigenvalue weighted by atomic mass is 10.3. The Bertz CT molecular complexity index is 521. The molecule has 0 bridgehead atoms. The van der Waals surface area contributed by atoms with Gasteiger partial charge in [0.2, 0.25) is 5.71 Å². The van der Waals surface area contributed by atoms with Crippen molar-refractivity contribution in [1.29, 1.82) is 10.7 Å². The summed E-state index contributed by atoms with van der Waals surface area (Å²) < 4.78 is 18.8. The third-order valence-corrected chi connectivity index (χ3v) is 1.92. The van der Waals surface area contributed by atoms with Gasteiger partial charge in [0.15, 0.2) is 11.7 Å². The standard InChI is InChI=1S/C11H12FN5O/c1-2-18-9-5-3-4-7(12)10(9)17-16-8(6-13)11(14)15/h3-5,17H,2H2,1H3,(H3,14,15)/b16-8+. The maximum absolute atomic E-state index is 13.5. The maximum atomic E-state index is 13.5. The molecular weight excluding hydrogens is 237 g/mol. The van der Waals surface area contributed by atoms with Gasteiger partial charge in [-0.25, -0.2) is 4.39 Å². The summed E-state index contributed by atoms with van der Waals surface area (Å²) in [6.07, 6.45) is 0. The number of hydrazone groups is 1. The average molecular weight is 249 g/mol. The van der Waals surface area contributed by atoms with Crippen LogP contribution in [0.25, 0.3) is 0 Å². The molecule has 0 fully saturated rings. The molecule has 0 aromatic heterocycles. The maximum Gasteiger partial charge on any atom is 0.201 e. The van der Waals surface area contributed by atoms with E-state index >= 15 is 0 Å². The molecule has 1 aromatic carbocycles. The van der Waals surface area contributed by atoms with Crippen molar-refractivity contribution in [2.75, 3.05) is 12.0 Å². The predicted octanol–water partition coefficient (Wildman–Crippen LogP) is 1.45. The van der Waals surface area contributed by atoms with E-state index in [2.05, 4.69) is 10.5 Å². The van der Waals surface area contributed by atoms with Gasteiger partial charge in [-0.15, -0.1) is 0 Å². The molecule has 7 heteroatoms. The van der Waals surface area contributed by atoms with Crippen LogP contribution in [0.4, 0.5) is 10.1 Å². The summed E-state index contributed by atoms with van der Waals surface area (Å²) in [6.45, 7) is 2.12. The number of hydrogen-bond acceptors (Lipinski definition) is 5. The van der Waals surface area contributed by atoms with E-state index in [-0.39, 0.29) is 17.1 Å². The number of anilines is 1. The average Bonchev–Trinajstić information content (AvgIpc) is 2.33. The highest BCUT2D eigenvalue weighted by atomic mass is 19.1. The highest BCUT2D eigenvalue weighted by Crippen LogP contribution is 2.27. The Morgan fingerprint density at radius 1 is 1.67 bits per heavy atom. The van der Waals surface area contributed by atoms with E-state index < -0.39 is 11.7 Å². The largest absolute Gasteiger partial charge is 0.492 e. The van der Waals surface area contributed by atoms with Crippen LogP contribution < -0.4 is 15.9 Å². The van der Waals surface area contributed by atoms with Crippen LogP contribution in [0.1, 0.15) is 6.92 Å². The molecule has 0 radical (unpaired) electrons. The number of nitriles is 1. The fourth-order valence-electron chi connectivity index (χ4n) is 1.15. The molecule has 0 saturated carbocycles. The molecule has 4 N–H and O–H groups in total. The van der Waals surface area contributed by atoms with E-state index in [0.29, 0.717) is 6.61 Å². The van der Waals surface area contributed by atoms with Crippen molar-refractivity contribution in [2.24, 2.45) is 10.8 Å². The van der Waals surface area contributed by atoms with Gasteiger partial charge in [0.1, 0.15) is 17.5 Å². The summed E-state index contributed by atoms with van der Waals surface area (Å²) in [7, 11) is 0. The van der Waals surface area contributed by atoms with E-state index in [1.807, 2.05) is 0 Å². The number of nitrogens with two attached hydrogens (primary N) is 1. The van der Waals surface area contributed by atoms with Crippen LogP contribution in [0.5, 0.6) is 5.75 Å². The van der Waals surface area contributed by atoms with Gasteiger partial charge < -0.3 is 10.5 Å². The monoisotopic (exact) mass is 249 g/mol. The van der Waals surface area contributed by atoms with Gasteiger partial charge in [0.05, 0.1) is 6.61 Å². The lowest BCUT2D eigenvalue weighted by molar-refractivity contribution is 0.340. The summed E-state index contributed by atoms with van der Waals surface area (Å²) in [5.74, 6) is -0.813.